The SMILES string of the molecule is Cc1c(CCN)cnn1-c1ccc(Cl)cc1. The monoisotopic (exact) mass is 235 g/mol. The summed E-state index contributed by atoms with van der Waals surface area (Å²) in [7, 11) is 0. The molecule has 0 bridgehead atoms. The maximum atomic E-state index is 5.85. The maximum Gasteiger partial charge on any atom is 0.0649 e. The van der Waals surface area contributed by atoms with Gasteiger partial charge in [-0.15, -0.1) is 0 Å². The molecule has 0 amide bonds. The highest BCUT2D eigenvalue weighted by molar-refractivity contribution is 6.30. The second kappa shape index (κ2) is 4.68. The molecule has 1 aromatic carbocycles. The summed E-state index contributed by atoms with van der Waals surface area (Å²) >= 11 is 5.85. The zero-order valence-corrected chi connectivity index (χ0v) is 9.91. The zero-order chi connectivity index (χ0) is 11.5. The molecule has 0 aliphatic heterocycles. The van der Waals surface area contributed by atoms with E-state index in [-0.39, 0.29) is 0 Å². The predicted molar refractivity (Wildman–Crippen MR) is 66.1 cm³/mol. The van der Waals surface area contributed by atoms with Crippen LogP contribution in [0.2, 0.25) is 5.02 Å². The summed E-state index contributed by atoms with van der Waals surface area (Å²) in [6.07, 6.45) is 2.73. The average Bonchev–Trinajstić information content (AvgIpc) is 2.63. The van der Waals surface area contributed by atoms with Crippen LogP contribution in [0.3, 0.4) is 0 Å². The van der Waals surface area contributed by atoms with E-state index in [2.05, 4.69) is 5.10 Å². The van der Waals surface area contributed by atoms with Gasteiger partial charge in [0.2, 0.25) is 0 Å². The lowest BCUT2D eigenvalue weighted by Crippen LogP contribution is -2.04. The zero-order valence-electron chi connectivity index (χ0n) is 9.15. The molecular weight excluding hydrogens is 222 g/mol. The smallest absolute Gasteiger partial charge is 0.0649 e. The summed E-state index contributed by atoms with van der Waals surface area (Å²) in [5, 5.41) is 5.08. The standard InChI is InChI=1S/C12H14ClN3/c1-9-10(6-7-14)8-15-16(9)12-4-2-11(13)3-5-12/h2-5,8H,6-7,14H2,1H3. The van der Waals surface area contributed by atoms with Crippen molar-refractivity contribution < 1.29 is 0 Å². The minimum Gasteiger partial charge on any atom is -0.330 e. The summed E-state index contributed by atoms with van der Waals surface area (Å²) in [4.78, 5) is 0. The third kappa shape index (κ3) is 2.10. The highest BCUT2D eigenvalue weighted by Gasteiger charge is 2.06. The Hall–Kier alpha value is -1.32. The molecule has 1 heterocycles. The summed E-state index contributed by atoms with van der Waals surface area (Å²) in [5.74, 6) is 0. The first-order chi connectivity index (χ1) is 7.72. The van der Waals surface area contributed by atoms with Crippen LogP contribution in [0, 0.1) is 6.92 Å². The fraction of sp³-hybridized carbons (Fsp3) is 0.250. The fourth-order valence-electron chi connectivity index (χ4n) is 1.69. The van der Waals surface area contributed by atoms with Crippen molar-refractivity contribution in [1.29, 1.82) is 0 Å². The molecule has 0 radical (unpaired) electrons. The molecule has 0 atom stereocenters. The number of benzene rings is 1. The van der Waals surface area contributed by atoms with Crippen molar-refractivity contribution in [3.63, 3.8) is 0 Å². The van der Waals surface area contributed by atoms with Crippen LogP contribution in [-0.2, 0) is 6.42 Å². The first-order valence-corrected chi connectivity index (χ1v) is 5.59. The second-order valence-corrected chi connectivity index (χ2v) is 4.12. The lowest BCUT2D eigenvalue weighted by atomic mass is 10.2. The molecule has 0 saturated carbocycles. The summed E-state index contributed by atoms with van der Waals surface area (Å²) in [5.41, 5.74) is 8.89. The minimum atomic E-state index is 0.646. The first-order valence-electron chi connectivity index (χ1n) is 5.22. The van der Waals surface area contributed by atoms with Crippen molar-refractivity contribution in [3.8, 4) is 5.69 Å². The molecule has 0 saturated heterocycles. The van der Waals surface area contributed by atoms with Crippen molar-refractivity contribution in [2.75, 3.05) is 6.54 Å². The van der Waals surface area contributed by atoms with E-state index in [1.165, 1.54) is 5.56 Å². The van der Waals surface area contributed by atoms with E-state index in [1.54, 1.807) is 0 Å². The van der Waals surface area contributed by atoms with Crippen molar-refractivity contribution in [1.82, 2.24) is 9.78 Å². The highest BCUT2D eigenvalue weighted by atomic mass is 35.5. The van der Waals surface area contributed by atoms with Crippen LogP contribution < -0.4 is 5.73 Å². The Balaban J connectivity index is 2.37. The van der Waals surface area contributed by atoms with Gasteiger partial charge >= 0.3 is 0 Å². The van der Waals surface area contributed by atoms with E-state index in [9.17, 15) is 0 Å². The molecule has 0 aliphatic rings. The molecule has 0 fully saturated rings. The number of halogens is 1. The molecule has 84 valence electrons. The first kappa shape index (κ1) is 11.2. The van der Waals surface area contributed by atoms with E-state index in [0.717, 1.165) is 22.8 Å². The van der Waals surface area contributed by atoms with Gasteiger partial charge < -0.3 is 5.73 Å². The molecule has 2 rings (SSSR count). The van der Waals surface area contributed by atoms with Crippen LogP contribution in [0.5, 0.6) is 0 Å². The molecule has 1 aromatic heterocycles. The van der Waals surface area contributed by atoms with Crippen LogP contribution in [-0.4, -0.2) is 16.3 Å². The van der Waals surface area contributed by atoms with Gasteiger partial charge in [0.15, 0.2) is 0 Å². The van der Waals surface area contributed by atoms with Crippen molar-refractivity contribution >= 4 is 11.6 Å². The number of hydrogen-bond donors (Lipinski definition) is 1. The van der Waals surface area contributed by atoms with E-state index in [1.807, 2.05) is 42.1 Å². The Morgan fingerprint density at radius 2 is 2.00 bits per heavy atom. The largest absolute Gasteiger partial charge is 0.330 e. The van der Waals surface area contributed by atoms with Gasteiger partial charge in [0.05, 0.1) is 11.9 Å². The van der Waals surface area contributed by atoms with Crippen molar-refractivity contribution in [2.24, 2.45) is 5.73 Å². The van der Waals surface area contributed by atoms with Gasteiger partial charge in [0, 0.05) is 10.7 Å². The highest BCUT2D eigenvalue weighted by Crippen LogP contribution is 2.16. The van der Waals surface area contributed by atoms with Gasteiger partial charge in [0.25, 0.3) is 0 Å². The summed E-state index contributed by atoms with van der Waals surface area (Å²) in [6.45, 7) is 2.69. The summed E-state index contributed by atoms with van der Waals surface area (Å²) in [6, 6.07) is 7.63. The quantitative estimate of drug-likeness (QED) is 0.888. The van der Waals surface area contributed by atoms with Crippen LogP contribution in [0.4, 0.5) is 0 Å². The van der Waals surface area contributed by atoms with Gasteiger partial charge in [-0.3, -0.25) is 0 Å². The molecule has 0 spiro atoms. The van der Waals surface area contributed by atoms with Crippen LogP contribution in [0.1, 0.15) is 11.3 Å². The van der Waals surface area contributed by atoms with Crippen LogP contribution in [0.15, 0.2) is 30.5 Å². The molecule has 2 aromatic rings. The predicted octanol–water partition coefficient (Wildman–Crippen LogP) is 2.34. The molecule has 4 heteroatoms. The number of nitrogens with two attached hydrogens (primary N) is 1. The molecule has 0 unspecified atom stereocenters. The number of rotatable bonds is 3. The van der Waals surface area contributed by atoms with Gasteiger partial charge in [-0.05, 0) is 49.7 Å². The third-order valence-corrected chi connectivity index (χ3v) is 2.85. The molecule has 3 nitrogen and oxygen atoms in total. The lowest BCUT2D eigenvalue weighted by Gasteiger charge is -2.05. The van der Waals surface area contributed by atoms with Gasteiger partial charge in [-0.25, -0.2) is 4.68 Å². The van der Waals surface area contributed by atoms with Crippen LogP contribution >= 0.6 is 11.6 Å². The molecule has 16 heavy (non-hydrogen) atoms. The minimum absolute atomic E-state index is 0.646. The van der Waals surface area contributed by atoms with Gasteiger partial charge in [-0.1, -0.05) is 11.6 Å². The molecule has 0 aliphatic carbocycles. The topological polar surface area (TPSA) is 43.8 Å². The number of nitrogens with zero attached hydrogens (tertiary/aromatic N) is 2. The van der Waals surface area contributed by atoms with Crippen molar-refractivity contribution in [2.45, 2.75) is 13.3 Å². The third-order valence-electron chi connectivity index (χ3n) is 2.60. The van der Waals surface area contributed by atoms with E-state index >= 15 is 0 Å². The Labute approximate surface area is 99.8 Å². The van der Waals surface area contributed by atoms with Crippen LogP contribution in [0.25, 0.3) is 5.69 Å². The Bertz CT molecular complexity index is 474. The Kier molecular flexibility index (Phi) is 3.27. The Morgan fingerprint density at radius 1 is 1.31 bits per heavy atom. The maximum absolute atomic E-state index is 5.85. The normalized spacial score (nSPS) is 10.7. The molecule has 2 N–H and O–H groups in total. The van der Waals surface area contributed by atoms with E-state index in [0.29, 0.717) is 6.54 Å². The fourth-order valence-corrected chi connectivity index (χ4v) is 1.81. The Morgan fingerprint density at radius 3 is 2.62 bits per heavy atom. The second-order valence-electron chi connectivity index (χ2n) is 3.68. The van der Waals surface area contributed by atoms with Gasteiger partial charge in [0.1, 0.15) is 0 Å². The number of aromatic nitrogens is 2. The van der Waals surface area contributed by atoms with Gasteiger partial charge in [-0.2, -0.15) is 5.10 Å². The molecular formula is C12H14ClN3. The summed E-state index contributed by atoms with van der Waals surface area (Å²) < 4.78 is 1.90. The average molecular weight is 236 g/mol. The van der Waals surface area contributed by atoms with E-state index in [4.69, 9.17) is 17.3 Å². The number of hydrogen-bond acceptors (Lipinski definition) is 2. The van der Waals surface area contributed by atoms with E-state index < -0.39 is 0 Å². The lowest BCUT2D eigenvalue weighted by molar-refractivity contribution is 0.841. The van der Waals surface area contributed by atoms with Crippen molar-refractivity contribution in [3.05, 3.63) is 46.7 Å².